The summed E-state index contributed by atoms with van der Waals surface area (Å²) in [7, 11) is 0. The van der Waals surface area contributed by atoms with Gasteiger partial charge in [-0.15, -0.1) is 0 Å². The Balaban J connectivity index is 1.91. The van der Waals surface area contributed by atoms with E-state index in [1.165, 1.54) is 0 Å². The first kappa shape index (κ1) is 19.3. The molecule has 2 rings (SSSR count). The molecule has 0 unspecified atom stereocenters. The summed E-state index contributed by atoms with van der Waals surface area (Å²) in [6.07, 6.45) is 0.998. The number of hydrogen-bond acceptors (Lipinski definition) is 3. The molecule has 0 spiro atoms. The van der Waals surface area contributed by atoms with Crippen molar-refractivity contribution in [3.8, 4) is 5.75 Å². The molecule has 0 amide bonds. The van der Waals surface area contributed by atoms with Crippen molar-refractivity contribution in [2.75, 3.05) is 19.8 Å². The fraction of sp³-hybridized carbons (Fsp3) is 0.368. The quantitative estimate of drug-likeness (QED) is 0.544. The van der Waals surface area contributed by atoms with E-state index in [9.17, 15) is 0 Å². The van der Waals surface area contributed by atoms with E-state index in [-0.39, 0.29) is 0 Å². The first-order valence-electron chi connectivity index (χ1n) is 8.13. The molecule has 0 aromatic heterocycles. The molecule has 130 valence electrons. The van der Waals surface area contributed by atoms with E-state index in [4.69, 9.17) is 21.1 Å². The third kappa shape index (κ3) is 6.44. The zero-order chi connectivity index (χ0) is 17.2. The molecular weight excluding hydrogens is 390 g/mol. The van der Waals surface area contributed by atoms with Gasteiger partial charge in [0.15, 0.2) is 0 Å². The summed E-state index contributed by atoms with van der Waals surface area (Å²) >= 11 is 9.71. The third-order valence-corrected chi connectivity index (χ3v) is 4.39. The predicted molar refractivity (Wildman–Crippen MR) is 103 cm³/mol. The van der Waals surface area contributed by atoms with Crippen LogP contribution in [0.4, 0.5) is 0 Å². The second-order valence-corrected chi connectivity index (χ2v) is 6.68. The highest BCUT2D eigenvalue weighted by Gasteiger charge is 2.06. The van der Waals surface area contributed by atoms with Gasteiger partial charge < -0.3 is 14.8 Å². The molecule has 1 N–H and O–H groups in total. The zero-order valence-corrected chi connectivity index (χ0v) is 16.2. The molecule has 0 aliphatic rings. The van der Waals surface area contributed by atoms with Crippen molar-refractivity contribution in [3.63, 3.8) is 0 Å². The van der Waals surface area contributed by atoms with Gasteiger partial charge in [-0.2, -0.15) is 0 Å². The lowest BCUT2D eigenvalue weighted by atomic mass is 10.2. The van der Waals surface area contributed by atoms with E-state index in [0.717, 1.165) is 59.1 Å². The molecule has 0 radical (unpaired) electrons. The van der Waals surface area contributed by atoms with Gasteiger partial charge in [-0.25, -0.2) is 0 Å². The second kappa shape index (κ2) is 10.7. The lowest BCUT2D eigenvalue weighted by Crippen LogP contribution is -2.17. The maximum absolute atomic E-state index is 6.19. The maximum atomic E-state index is 6.19. The van der Waals surface area contributed by atoms with E-state index in [2.05, 4.69) is 27.3 Å². The minimum atomic E-state index is 0.457. The molecule has 0 heterocycles. The number of rotatable bonds is 10. The predicted octanol–water partition coefficient (Wildman–Crippen LogP) is 5.20. The number of benzene rings is 2. The van der Waals surface area contributed by atoms with Gasteiger partial charge in [0.2, 0.25) is 0 Å². The van der Waals surface area contributed by atoms with Crippen LogP contribution in [0, 0.1) is 0 Å². The Kier molecular flexibility index (Phi) is 8.60. The van der Waals surface area contributed by atoms with Crippen LogP contribution in [0.25, 0.3) is 0 Å². The summed E-state index contributed by atoms with van der Waals surface area (Å²) in [6, 6.07) is 13.8. The Bertz CT molecular complexity index is 637. The Hall–Kier alpha value is -1.07. The molecule has 0 fully saturated rings. The van der Waals surface area contributed by atoms with Crippen LogP contribution in [-0.2, 0) is 17.9 Å². The van der Waals surface area contributed by atoms with Gasteiger partial charge in [-0.3, -0.25) is 0 Å². The van der Waals surface area contributed by atoms with Crippen molar-refractivity contribution in [2.45, 2.75) is 26.5 Å². The summed E-state index contributed by atoms with van der Waals surface area (Å²) in [5, 5.41) is 4.16. The molecule has 5 heteroatoms. The highest BCUT2D eigenvalue weighted by Crippen LogP contribution is 2.25. The van der Waals surface area contributed by atoms with Crippen molar-refractivity contribution in [2.24, 2.45) is 0 Å². The van der Waals surface area contributed by atoms with Crippen LogP contribution >= 0.6 is 27.5 Å². The minimum Gasteiger partial charge on any atom is -0.489 e. The van der Waals surface area contributed by atoms with Crippen molar-refractivity contribution < 1.29 is 9.47 Å². The van der Waals surface area contributed by atoms with E-state index < -0.39 is 0 Å². The monoisotopic (exact) mass is 411 g/mol. The fourth-order valence-corrected chi connectivity index (χ4v) is 2.86. The van der Waals surface area contributed by atoms with Crippen LogP contribution < -0.4 is 10.1 Å². The van der Waals surface area contributed by atoms with Gasteiger partial charge in [0, 0.05) is 40.4 Å². The third-order valence-electron chi connectivity index (χ3n) is 3.53. The van der Waals surface area contributed by atoms with E-state index in [1.807, 2.05) is 43.3 Å². The molecule has 0 aliphatic heterocycles. The van der Waals surface area contributed by atoms with Crippen molar-refractivity contribution in [1.82, 2.24) is 5.32 Å². The van der Waals surface area contributed by atoms with Gasteiger partial charge in [-0.05, 0) is 44.2 Å². The van der Waals surface area contributed by atoms with Crippen LogP contribution in [0.3, 0.4) is 0 Å². The van der Waals surface area contributed by atoms with Gasteiger partial charge in [0.25, 0.3) is 0 Å². The molecule has 0 saturated heterocycles. The fourth-order valence-electron chi connectivity index (χ4n) is 2.26. The average molecular weight is 413 g/mol. The summed E-state index contributed by atoms with van der Waals surface area (Å²) in [6.45, 7) is 5.69. The van der Waals surface area contributed by atoms with Gasteiger partial charge in [0.05, 0.1) is 0 Å². The number of hydrogen-bond donors (Lipinski definition) is 1. The summed E-state index contributed by atoms with van der Waals surface area (Å²) in [5.74, 6) is 0.871. The van der Waals surface area contributed by atoms with Crippen LogP contribution in [0.15, 0.2) is 46.9 Å². The van der Waals surface area contributed by atoms with Crippen molar-refractivity contribution in [1.29, 1.82) is 0 Å². The minimum absolute atomic E-state index is 0.457. The standard InChI is InChI=1S/C19H23BrClNO2/c1-2-23-11-5-10-22-13-16-12-17(20)8-9-19(16)24-14-15-6-3-4-7-18(15)21/h3-4,6-9,12,22H,2,5,10-11,13-14H2,1H3. The van der Waals surface area contributed by atoms with E-state index in [0.29, 0.717) is 6.61 Å². The lowest BCUT2D eigenvalue weighted by molar-refractivity contribution is 0.144. The lowest BCUT2D eigenvalue weighted by Gasteiger charge is -2.13. The zero-order valence-electron chi connectivity index (χ0n) is 13.9. The number of halogens is 2. The molecule has 0 saturated carbocycles. The smallest absolute Gasteiger partial charge is 0.124 e. The average Bonchev–Trinajstić information content (AvgIpc) is 2.58. The molecule has 2 aromatic carbocycles. The molecule has 0 atom stereocenters. The van der Waals surface area contributed by atoms with Crippen LogP contribution in [0.2, 0.25) is 5.02 Å². The molecule has 2 aromatic rings. The van der Waals surface area contributed by atoms with Gasteiger partial charge in [-0.1, -0.05) is 45.7 Å². The van der Waals surface area contributed by atoms with E-state index >= 15 is 0 Å². The van der Waals surface area contributed by atoms with Gasteiger partial charge in [0.1, 0.15) is 12.4 Å². The summed E-state index contributed by atoms with van der Waals surface area (Å²) < 4.78 is 12.4. The van der Waals surface area contributed by atoms with Crippen LogP contribution in [-0.4, -0.2) is 19.8 Å². The number of nitrogens with one attached hydrogen (secondary N) is 1. The molecule has 3 nitrogen and oxygen atoms in total. The normalized spacial score (nSPS) is 10.8. The SMILES string of the molecule is CCOCCCNCc1cc(Br)ccc1OCc1ccccc1Cl. The Morgan fingerprint density at radius 2 is 1.96 bits per heavy atom. The van der Waals surface area contributed by atoms with Crippen molar-refractivity contribution >= 4 is 27.5 Å². The Labute approximate surface area is 157 Å². The second-order valence-electron chi connectivity index (χ2n) is 5.36. The Morgan fingerprint density at radius 1 is 1.12 bits per heavy atom. The highest BCUT2D eigenvalue weighted by molar-refractivity contribution is 9.10. The summed E-state index contributed by atoms with van der Waals surface area (Å²) in [5.41, 5.74) is 2.10. The van der Waals surface area contributed by atoms with Crippen molar-refractivity contribution in [3.05, 3.63) is 63.1 Å². The Morgan fingerprint density at radius 3 is 2.75 bits per heavy atom. The molecular formula is C19H23BrClNO2. The number of ether oxygens (including phenoxy) is 2. The van der Waals surface area contributed by atoms with Crippen LogP contribution in [0.5, 0.6) is 5.75 Å². The summed E-state index contributed by atoms with van der Waals surface area (Å²) in [4.78, 5) is 0. The topological polar surface area (TPSA) is 30.5 Å². The first-order chi connectivity index (χ1) is 11.7. The molecule has 0 bridgehead atoms. The molecule has 24 heavy (non-hydrogen) atoms. The maximum Gasteiger partial charge on any atom is 0.124 e. The van der Waals surface area contributed by atoms with Crippen LogP contribution in [0.1, 0.15) is 24.5 Å². The first-order valence-corrected chi connectivity index (χ1v) is 9.31. The van der Waals surface area contributed by atoms with Gasteiger partial charge >= 0.3 is 0 Å². The largest absolute Gasteiger partial charge is 0.489 e. The highest BCUT2D eigenvalue weighted by atomic mass is 79.9. The van der Waals surface area contributed by atoms with E-state index in [1.54, 1.807) is 0 Å². The molecule has 0 aliphatic carbocycles.